The summed E-state index contributed by atoms with van der Waals surface area (Å²) in [4.78, 5) is 29.8. The molecule has 2 N–H and O–H groups in total. The first-order valence-corrected chi connectivity index (χ1v) is 7.19. The number of hydrogen-bond acceptors (Lipinski definition) is 4. The van der Waals surface area contributed by atoms with E-state index >= 15 is 0 Å². The Kier molecular flexibility index (Phi) is 3.33. The molecular formula is C15H19N3O3. The summed E-state index contributed by atoms with van der Waals surface area (Å²) in [5.41, 5.74) is -0.448. The van der Waals surface area contributed by atoms with Gasteiger partial charge in [-0.05, 0) is 32.4 Å². The van der Waals surface area contributed by atoms with Crippen LogP contribution in [0.4, 0.5) is 0 Å². The van der Waals surface area contributed by atoms with E-state index in [1.54, 1.807) is 12.1 Å². The molecule has 1 atom stereocenters. The molecule has 1 aromatic heterocycles. The van der Waals surface area contributed by atoms with Crippen LogP contribution in [0.5, 0.6) is 5.75 Å². The van der Waals surface area contributed by atoms with Crippen LogP contribution in [0.3, 0.4) is 0 Å². The molecule has 0 amide bonds. The van der Waals surface area contributed by atoms with E-state index in [0.29, 0.717) is 18.1 Å². The third kappa shape index (κ3) is 2.25. The summed E-state index contributed by atoms with van der Waals surface area (Å²) in [6, 6.07) is 4.93. The molecule has 1 aliphatic rings. The van der Waals surface area contributed by atoms with Crippen LogP contribution in [0.1, 0.15) is 26.3 Å². The lowest BCUT2D eigenvalue weighted by Crippen LogP contribution is -2.39. The first-order valence-electron chi connectivity index (χ1n) is 7.19. The summed E-state index contributed by atoms with van der Waals surface area (Å²) < 4.78 is 1.25. The van der Waals surface area contributed by atoms with Gasteiger partial charge in [-0.2, -0.15) is 0 Å². The number of nitrogens with one attached hydrogen (secondary N) is 1. The van der Waals surface area contributed by atoms with Crippen LogP contribution in [0, 0.1) is 0 Å². The molecule has 6 nitrogen and oxygen atoms in total. The highest BCUT2D eigenvalue weighted by Gasteiger charge is 2.28. The standard InChI is InChI=1S/C15H19N3O3/c1-9(2)17-7-6-10(8-17)18-14(20)13-11(16-15(18)21)4-3-5-12(13)19/h3-5,9-10,19H,6-8H2,1-2H3,(H,16,21). The normalized spacial score (nSPS) is 19.7. The predicted octanol–water partition coefficient (Wildman–Crippen LogP) is 1.05. The number of rotatable bonds is 2. The number of fused-ring (bicyclic) bond motifs is 1. The van der Waals surface area contributed by atoms with Crippen LogP contribution in [-0.4, -0.2) is 38.7 Å². The molecule has 1 aromatic carbocycles. The van der Waals surface area contributed by atoms with Gasteiger partial charge in [-0.3, -0.25) is 14.3 Å². The summed E-state index contributed by atoms with van der Waals surface area (Å²) in [5.74, 6) is -0.0961. The Morgan fingerprint density at radius 3 is 2.76 bits per heavy atom. The van der Waals surface area contributed by atoms with E-state index in [1.165, 1.54) is 10.6 Å². The van der Waals surface area contributed by atoms with Crippen molar-refractivity contribution in [3.05, 3.63) is 39.0 Å². The van der Waals surface area contributed by atoms with Crippen LogP contribution in [0.25, 0.3) is 10.9 Å². The number of aromatic amines is 1. The highest BCUT2D eigenvalue weighted by Crippen LogP contribution is 2.23. The second-order valence-corrected chi connectivity index (χ2v) is 5.84. The molecule has 3 rings (SSSR count). The smallest absolute Gasteiger partial charge is 0.329 e. The Morgan fingerprint density at radius 1 is 1.33 bits per heavy atom. The van der Waals surface area contributed by atoms with Gasteiger partial charge >= 0.3 is 5.69 Å². The molecule has 0 spiro atoms. The Labute approximate surface area is 121 Å². The highest BCUT2D eigenvalue weighted by molar-refractivity contribution is 5.83. The molecule has 1 fully saturated rings. The fourth-order valence-electron chi connectivity index (χ4n) is 3.04. The van der Waals surface area contributed by atoms with Crippen molar-refractivity contribution in [1.82, 2.24) is 14.5 Å². The van der Waals surface area contributed by atoms with Crippen molar-refractivity contribution in [3.63, 3.8) is 0 Å². The summed E-state index contributed by atoms with van der Waals surface area (Å²) in [5, 5.41) is 10.1. The lowest BCUT2D eigenvalue weighted by Gasteiger charge is -2.20. The molecule has 1 aliphatic heterocycles. The molecule has 0 aliphatic carbocycles. The molecule has 1 saturated heterocycles. The van der Waals surface area contributed by atoms with E-state index in [9.17, 15) is 14.7 Å². The van der Waals surface area contributed by atoms with Crippen LogP contribution < -0.4 is 11.2 Å². The molecule has 1 unspecified atom stereocenters. The van der Waals surface area contributed by atoms with Crippen molar-refractivity contribution >= 4 is 10.9 Å². The van der Waals surface area contributed by atoms with E-state index in [-0.39, 0.29) is 17.2 Å². The number of aromatic nitrogens is 2. The average molecular weight is 289 g/mol. The van der Waals surface area contributed by atoms with Gasteiger partial charge in [0.2, 0.25) is 0 Å². The number of likely N-dealkylation sites (tertiary alicyclic amines) is 1. The van der Waals surface area contributed by atoms with Gasteiger partial charge in [0.15, 0.2) is 0 Å². The number of aromatic hydroxyl groups is 1. The maximum absolute atomic E-state index is 12.6. The number of phenols is 1. The summed E-state index contributed by atoms with van der Waals surface area (Å²) in [7, 11) is 0. The topological polar surface area (TPSA) is 78.3 Å². The van der Waals surface area contributed by atoms with Crippen molar-refractivity contribution in [3.8, 4) is 5.75 Å². The van der Waals surface area contributed by atoms with Crippen molar-refractivity contribution in [1.29, 1.82) is 0 Å². The van der Waals surface area contributed by atoms with Crippen molar-refractivity contribution in [2.75, 3.05) is 13.1 Å². The Balaban J connectivity index is 2.14. The molecule has 2 heterocycles. The lowest BCUT2D eigenvalue weighted by molar-refractivity contribution is 0.263. The second-order valence-electron chi connectivity index (χ2n) is 5.84. The van der Waals surface area contributed by atoms with E-state index in [4.69, 9.17) is 0 Å². The molecule has 112 valence electrons. The fraction of sp³-hybridized carbons (Fsp3) is 0.467. The quantitative estimate of drug-likeness (QED) is 0.866. The summed E-state index contributed by atoms with van der Waals surface area (Å²) >= 11 is 0. The van der Waals surface area contributed by atoms with Gasteiger partial charge in [-0.25, -0.2) is 4.79 Å². The van der Waals surface area contributed by atoms with Crippen LogP contribution in [0.15, 0.2) is 27.8 Å². The van der Waals surface area contributed by atoms with Crippen LogP contribution >= 0.6 is 0 Å². The molecule has 2 aromatic rings. The number of phenolic OH excluding ortho intramolecular Hbond substituents is 1. The zero-order chi connectivity index (χ0) is 15.1. The first-order chi connectivity index (χ1) is 9.99. The Morgan fingerprint density at radius 2 is 2.10 bits per heavy atom. The highest BCUT2D eigenvalue weighted by atomic mass is 16.3. The van der Waals surface area contributed by atoms with Gasteiger partial charge in [0, 0.05) is 19.1 Å². The molecule has 0 saturated carbocycles. The molecular weight excluding hydrogens is 270 g/mol. The van der Waals surface area contributed by atoms with Gasteiger partial charge in [0.05, 0.1) is 11.6 Å². The second kappa shape index (κ2) is 5.04. The minimum Gasteiger partial charge on any atom is -0.507 e. The first kappa shape index (κ1) is 13.9. The maximum atomic E-state index is 12.6. The monoisotopic (exact) mass is 289 g/mol. The van der Waals surface area contributed by atoms with Crippen LogP contribution in [-0.2, 0) is 0 Å². The SMILES string of the molecule is CC(C)N1CCC(n2c(=O)[nH]c3cccc(O)c3c2=O)C1. The summed E-state index contributed by atoms with van der Waals surface area (Å²) in [6.45, 7) is 5.75. The van der Waals surface area contributed by atoms with Gasteiger partial charge in [-0.1, -0.05) is 6.07 Å². The largest absolute Gasteiger partial charge is 0.507 e. The number of nitrogens with zero attached hydrogens (tertiary/aromatic N) is 2. The minimum atomic E-state index is -0.414. The number of hydrogen-bond donors (Lipinski definition) is 2. The van der Waals surface area contributed by atoms with E-state index in [2.05, 4.69) is 23.7 Å². The molecule has 0 radical (unpaired) electrons. The minimum absolute atomic E-state index is 0.0961. The molecule has 0 bridgehead atoms. The van der Waals surface area contributed by atoms with E-state index in [0.717, 1.165) is 13.0 Å². The van der Waals surface area contributed by atoms with Crippen LogP contribution in [0.2, 0.25) is 0 Å². The van der Waals surface area contributed by atoms with E-state index < -0.39 is 11.2 Å². The fourth-order valence-corrected chi connectivity index (χ4v) is 3.04. The molecule has 21 heavy (non-hydrogen) atoms. The lowest BCUT2D eigenvalue weighted by atomic mass is 10.2. The van der Waals surface area contributed by atoms with Gasteiger partial charge < -0.3 is 10.1 Å². The average Bonchev–Trinajstić information content (AvgIpc) is 2.88. The summed E-state index contributed by atoms with van der Waals surface area (Å²) in [6.07, 6.45) is 0.764. The third-order valence-corrected chi connectivity index (χ3v) is 4.23. The number of benzene rings is 1. The predicted molar refractivity (Wildman–Crippen MR) is 80.9 cm³/mol. The van der Waals surface area contributed by atoms with Crippen molar-refractivity contribution in [2.45, 2.75) is 32.4 Å². The van der Waals surface area contributed by atoms with Crippen molar-refractivity contribution < 1.29 is 5.11 Å². The zero-order valence-electron chi connectivity index (χ0n) is 12.2. The third-order valence-electron chi connectivity index (χ3n) is 4.23. The van der Waals surface area contributed by atoms with Crippen molar-refractivity contribution in [2.24, 2.45) is 0 Å². The maximum Gasteiger partial charge on any atom is 0.329 e. The molecule has 6 heteroatoms. The van der Waals surface area contributed by atoms with Gasteiger partial charge in [-0.15, -0.1) is 0 Å². The Hall–Kier alpha value is -2.08. The number of H-pyrrole nitrogens is 1. The van der Waals surface area contributed by atoms with Gasteiger partial charge in [0.25, 0.3) is 5.56 Å². The zero-order valence-corrected chi connectivity index (χ0v) is 12.2. The van der Waals surface area contributed by atoms with Gasteiger partial charge in [0.1, 0.15) is 11.1 Å². The Bertz CT molecular complexity index is 791. The van der Waals surface area contributed by atoms with E-state index in [1.807, 2.05) is 0 Å².